The molecule has 0 spiro atoms. The van der Waals surface area contributed by atoms with E-state index >= 15 is 0 Å². The molecule has 0 fully saturated rings. The summed E-state index contributed by atoms with van der Waals surface area (Å²) >= 11 is 0. The van der Waals surface area contributed by atoms with Gasteiger partial charge in [-0.3, -0.25) is 9.59 Å². The van der Waals surface area contributed by atoms with Gasteiger partial charge in [-0.2, -0.15) is 0 Å². The minimum atomic E-state index is -0.463. The number of fused-ring (bicyclic) bond motifs is 1. The summed E-state index contributed by atoms with van der Waals surface area (Å²) in [6.07, 6.45) is 3.96. The van der Waals surface area contributed by atoms with Crippen LogP contribution in [-0.4, -0.2) is 48.9 Å². The molecule has 32 heavy (non-hydrogen) atoms. The second-order valence-electron chi connectivity index (χ2n) is 7.13. The maximum absolute atomic E-state index is 12.9. The number of aryl methyl sites for hydroxylation is 1. The predicted molar refractivity (Wildman–Crippen MR) is 123 cm³/mol. The zero-order chi connectivity index (χ0) is 23.1. The van der Waals surface area contributed by atoms with E-state index in [0.717, 1.165) is 16.5 Å². The maximum Gasteiger partial charge on any atom is 0.267 e. The van der Waals surface area contributed by atoms with Crippen molar-refractivity contribution in [2.75, 3.05) is 27.4 Å². The smallest absolute Gasteiger partial charge is 0.267 e. The highest BCUT2D eigenvalue weighted by Gasteiger charge is 2.17. The van der Waals surface area contributed by atoms with E-state index in [1.54, 1.807) is 24.3 Å². The first kappa shape index (κ1) is 22.9. The normalized spacial score (nSPS) is 11.3. The van der Waals surface area contributed by atoms with Gasteiger partial charge in [0.1, 0.15) is 5.70 Å². The Morgan fingerprint density at radius 1 is 1.09 bits per heavy atom. The average molecular weight is 437 g/mol. The summed E-state index contributed by atoms with van der Waals surface area (Å²) in [5, 5.41) is 15.4. The number of para-hydroxylation sites is 1. The van der Waals surface area contributed by atoms with Gasteiger partial charge in [-0.05, 0) is 36.8 Å². The van der Waals surface area contributed by atoms with Crippen LogP contribution in [0, 0.1) is 0 Å². The summed E-state index contributed by atoms with van der Waals surface area (Å²) < 4.78 is 12.4. The van der Waals surface area contributed by atoms with Crippen molar-refractivity contribution in [1.82, 2.24) is 15.2 Å². The Bertz CT molecular complexity index is 1150. The summed E-state index contributed by atoms with van der Waals surface area (Å²) in [6, 6.07) is 12.6. The number of benzene rings is 2. The predicted octanol–water partition coefficient (Wildman–Crippen LogP) is 2.46. The van der Waals surface area contributed by atoms with E-state index in [9.17, 15) is 9.59 Å². The van der Waals surface area contributed by atoms with E-state index in [2.05, 4.69) is 10.6 Å². The van der Waals surface area contributed by atoms with Gasteiger partial charge in [0.25, 0.3) is 11.8 Å². The molecule has 0 aliphatic rings. The minimum Gasteiger partial charge on any atom is -0.493 e. The molecule has 0 radical (unpaired) electrons. The van der Waals surface area contributed by atoms with E-state index in [-0.39, 0.29) is 18.8 Å². The third-order valence-electron chi connectivity index (χ3n) is 4.99. The number of rotatable bonds is 9. The van der Waals surface area contributed by atoms with Gasteiger partial charge in [0.05, 0.1) is 14.2 Å². The van der Waals surface area contributed by atoms with Crippen molar-refractivity contribution in [2.45, 2.75) is 6.42 Å². The first-order chi connectivity index (χ1) is 15.5. The molecule has 8 nitrogen and oxygen atoms in total. The van der Waals surface area contributed by atoms with Crippen LogP contribution in [0.1, 0.15) is 22.3 Å². The van der Waals surface area contributed by atoms with Crippen molar-refractivity contribution in [3.05, 3.63) is 65.5 Å². The zero-order valence-corrected chi connectivity index (χ0v) is 18.3. The van der Waals surface area contributed by atoms with Gasteiger partial charge < -0.3 is 29.8 Å². The Morgan fingerprint density at radius 2 is 1.84 bits per heavy atom. The van der Waals surface area contributed by atoms with E-state index in [4.69, 9.17) is 14.6 Å². The number of carbonyl (C=O) groups excluding carboxylic acids is 2. The molecule has 3 N–H and O–H groups in total. The molecular formula is C24H27N3O5. The quantitative estimate of drug-likeness (QED) is 0.353. The van der Waals surface area contributed by atoms with Gasteiger partial charge in [0.2, 0.25) is 0 Å². The van der Waals surface area contributed by atoms with Crippen molar-refractivity contribution in [1.29, 1.82) is 0 Å². The second-order valence-corrected chi connectivity index (χ2v) is 7.13. The summed E-state index contributed by atoms with van der Waals surface area (Å²) in [6.45, 7) is 0.245. The van der Waals surface area contributed by atoms with Crippen molar-refractivity contribution in [3.8, 4) is 11.5 Å². The summed E-state index contributed by atoms with van der Waals surface area (Å²) in [7, 11) is 4.92. The van der Waals surface area contributed by atoms with E-state index < -0.39 is 11.8 Å². The number of methoxy groups -OCH3 is 2. The highest BCUT2D eigenvalue weighted by molar-refractivity contribution is 6.06. The molecule has 168 valence electrons. The number of carbonyl (C=O) groups is 2. The van der Waals surface area contributed by atoms with Gasteiger partial charge in [0.15, 0.2) is 11.5 Å². The Labute approximate surface area is 186 Å². The molecule has 0 bridgehead atoms. The van der Waals surface area contributed by atoms with Gasteiger partial charge in [-0.25, -0.2) is 0 Å². The molecule has 2 amide bonds. The third kappa shape index (κ3) is 5.09. The number of aliphatic hydroxyl groups excluding tert-OH is 1. The molecular weight excluding hydrogens is 410 g/mol. The Hall–Kier alpha value is -3.78. The fourth-order valence-corrected chi connectivity index (χ4v) is 3.35. The van der Waals surface area contributed by atoms with Crippen LogP contribution in [0.2, 0.25) is 0 Å². The van der Waals surface area contributed by atoms with E-state index in [1.807, 2.05) is 42.1 Å². The number of amides is 2. The van der Waals surface area contributed by atoms with Crippen LogP contribution in [0.4, 0.5) is 0 Å². The fourth-order valence-electron chi connectivity index (χ4n) is 3.35. The van der Waals surface area contributed by atoms with Crippen LogP contribution in [0.3, 0.4) is 0 Å². The highest BCUT2D eigenvalue weighted by atomic mass is 16.5. The van der Waals surface area contributed by atoms with Crippen molar-refractivity contribution in [3.63, 3.8) is 0 Å². The standard InChI is InChI=1S/C24H27N3O5/c1-27-15-17(18-7-4-5-8-20(18)27)13-19(24(30)25-11-6-12-28)26-23(29)16-9-10-21(31-2)22(14-16)32-3/h4-5,7-10,13-15,28H,6,11-12H2,1-3H3,(H,25,30)(H,26,29)/b19-13-. The van der Waals surface area contributed by atoms with Crippen LogP contribution in [-0.2, 0) is 11.8 Å². The van der Waals surface area contributed by atoms with Crippen molar-refractivity contribution < 1.29 is 24.2 Å². The van der Waals surface area contributed by atoms with Gasteiger partial charge in [-0.1, -0.05) is 18.2 Å². The first-order valence-corrected chi connectivity index (χ1v) is 10.2. The Balaban J connectivity index is 1.95. The largest absolute Gasteiger partial charge is 0.493 e. The molecule has 0 aliphatic carbocycles. The highest BCUT2D eigenvalue weighted by Crippen LogP contribution is 2.28. The second kappa shape index (κ2) is 10.5. The molecule has 3 aromatic rings. The van der Waals surface area contributed by atoms with Crippen LogP contribution < -0.4 is 20.1 Å². The lowest BCUT2D eigenvalue weighted by Gasteiger charge is -2.12. The molecule has 2 aromatic carbocycles. The van der Waals surface area contributed by atoms with Crippen molar-refractivity contribution in [2.24, 2.45) is 7.05 Å². The number of ether oxygens (including phenoxy) is 2. The maximum atomic E-state index is 12.9. The number of hydrogen-bond acceptors (Lipinski definition) is 5. The van der Waals surface area contributed by atoms with Crippen molar-refractivity contribution >= 4 is 28.8 Å². The molecule has 1 heterocycles. The molecule has 8 heteroatoms. The molecule has 0 saturated carbocycles. The molecule has 1 aromatic heterocycles. The van der Waals surface area contributed by atoms with Crippen LogP contribution in [0.15, 0.2) is 54.4 Å². The number of nitrogens with one attached hydrogen (secondary N) is 2. The number of hydrogen-bond donors (Lipinski definition) is 3. The summed E-state index contributed by atoms with van der Waals surface area (Å²) in [5.41, 5.74) is 2.21. The van der Waals surface area contributed by atoms with Gasteiger partial charge in [0, 0.05) is 48.4 Å². The average Bonchev–Trinajstić information content (AvgIpc) is 3.13. The van der Waals surface area contributed by atoms with Gasteiger partial charge >= 0.3 is 0 Å². The van der Waals surface area contributed by atoms with E-state index in [1.165, 1.54) is 14.2 Å². The Kier molecular flexibility index (Phi) is 7.51. The third-order valence-corrected chi connectivity index (χ3v) is 4.99. The van der Waals surface area contributed by atoms with E-state index in [0.29, 0.717) is 23.5 Å². The minimum absolute atomic E-state index is 0.0410. The zero-order valence-electron chi connectivity index (χ0n) is 18.3. The lowest BCUT2D eigenvalue weighted by Crippen LogP contribution is -2.35. The summed E-state index contributed by atoms with van der Waals surface area (Å²) in [4.78, 5) is 25.8. The van der Waals surface area contributed by atoms with Crippen LogP contribution in [0.5, 0.6) is 11.5 Å². The molecule has 0 saturated heterocycles. The first-order valence-electron chi connectivity index (χ1n) is 10.2. The molecule has 3 rings (SSSR count). The van der Waals surface area contributed by atoms with Crippen LogP contribution >= 0.6 is 0 Å². The number of aliphatic hydroxyl groups is 1. The number of aromatic nitrogens is 1. The lowest BCUT2D eigenvalue weighted by atomic mass is 10.1. The monoisotopic (exact) mass is 437 g/mol. The van der Waals surface area contributed by atoms with Crippen LogP contribution in [0.25, 0.3) is 17.0 Å². The van der Waals surface area contributed by atoms with Gasteiger partial charge in [-0.15, -0.1) is 0 Å². The fraction of sp³-hybridized carbons (Fsp3) is 0.250. The molecule has 0 unspecified atom stereocenters. The molecule has 0 atom stereocenters. The SMILES string of the molecule is COc1ccc(C(=O)N/C(=C\c2cn(C)c3ccccc23)C(=O)NCCCO)cc1OC. The topological polar surface area (TPSA) is 102 Å². The molecule has 0 aliphatic heterocycles. The Morgan fingerprint density at radius 3 is 2.56 bits per heavy atom. The lowest BCUT2D eigenvalue weighted by molar-refractivity contribution is -0.117. The number of nitrogens with zero attached hydrogens (tertiary/aromatic N) is 1. The summed E-state index contributed by atoms with van der Waals surface area (Å²) in [5.74, 6) is -0.000549.